The molecule has 0 bridgehead atoms. The van der Waals surface area contributed by atoms with Crippen LogP contribution in [0.5, 0.6) is 0 Å². The normalized spacial score (nSPS) is 10.2. The summed E-state index contributed by atoms with van der Waals surface area (Å²) < 4.78 is 0. The Bertz CT molecular complexity index is 661. The van der Waals surface area contributed by atoms with Crippen LogP contribution in [0.2, 0.25) is 0 Å². The molecule has 0 atom stereocenters. The second kappa shape index (κ2) is 8.13. The maximum absolute atomic E-state index is 12.0. The van der Waals surface area contributed by atoms with E-state index < -0.39 is 0 Å². The van der Waals surface area contributed by atoms with Crippen LogP contribution in [0.15, 0.2) is 48.5 Å². The van der Waals surface area contributed by atoms with Gasteiger partial charge in [0.2, 0.25) is 11.8 Å². The SMILES string of the molecule is Cc1cccc(C)c1NC(=O)CC(=O)NCCc1ccccc1. The number of anilines is 1. The Balaban J connectivity index is 1.78. The molecule has 4 heteroatoms. The average molecular weight is 310 g/mol. The van der Waals surface area contributed by atoms with Crippen LogP contribution >= 0.6 is 0 Å². The van der Waals surface area contributed by atoms with Crippen molar-refractivity contribution in [3.8, 4) is 0 Å². The zero-order chi connectivity index (χ0) is 16.7. The zero-order valence-corrected chi connectivity index (χ0v) is 13.6. The summed E-state index contributed by atoms with van der Waals surface area (Å²) in [5.74, 6) is -0.552. The fraction of sp³-hybridized carbons (Fsp3) is 0.263. The van der Waals surface area contributed by atoms with Crippen LogP contribution in [0.25, 0.3) is 0 Å². The van der Waals surface area contributed by atoms with Gasteiger partial charge >= 0.3 is 0 Å². The summed E-state index contributed by atoms with van der Waals surface area (Å²) in [5, 5.41) is 5.60. The first kappa shape index (κ1) is 16.7. The third kappa shape index (κ3) is 5.25. The Morgan fingerprint density at radius 1 is 0.870 bits per heavy atom. The van der Waals surface area contributed by atoms with E-state index in [2.05, 4.69) is 10.6 Å². The molecule has 0 aliphatic rings. The number of nitrogens with one attached hydrogen (secondary N) is 2. The molecule has 0 saturated carbocycles. The largest absolute Gasteiger partial charge is 0.355 e. The highest BCUT2D eigenvalue weighted by atomic mass is 16.2. The monoisotopic (exact) mass is 310 g/mol. The van der Waals surface area contributed by atoms with E-state index in [4.69, 9.17) is 0 Å². The molecule has 2 aromatic carbocycles. The summed E-state index contributed by atoms with van der Waals surface area (Å²) >= 11 is 0. The summed E-state index contributed by atoms with van der Waals surface area (Å²) in [5.41, 5.74) is 3.92. The van der Waals surface area contributed by atoms with Gasteiger partial charge in [0.25, 0.3) is 0 Å². The van der Waals surface area contributed by atoms with Gasteiger partial charge in [-0.3, -0.25) is 9.59 Å². The fourth-order valence-corrected chi connectivity index (χ4v) is 2.39. The van der Waals surface area contributed by atoms with Crippen LogP contribution < -0.4 is 10.6 Å². The number of carbonyl (C=O) groups is 2. The second-order valence-corrected chi connectivity index (χ2v) is 5.58. The summed E-state index contributed by atoms with van der Waals surface area (Å²) in [6.07, 6.45) is 0.591. The molecule has 120 valence electrons. The summed E-state index contributed by atoms with van der Waals surface area (Å²) in [6, 6.07) is 15.7. The Hall–Kier alpha value is -2.62. The lowest BCUT2D eigenvalue weighted by Gasteiger charge is -2.11. The van der Waals surface area contributed by atoms with E-state index >= 15 is 0 Å². The molecular formula is C19H22N2O2. The van der Waals surface area contributed by atoms with Gasteiger partial charge in [-0.1, -0.05) is 48.5 Å². The lowest BCUT2D eigenvalue weighted by atomic mass is 10.1. The number of para-hydroxylation sites is 1. The molecule has 0 radical (unpaired) electrons. The zero-order valence-electron chi connectivity index (χ0n) is 13.6. The van der Waals surface area contributed by atoms with Crippen molar-refractivity contribution in [2.75, 3.05) is 11.9 Å². The van der Waals surface area contributed by atoms with Crippen LogP contribution in [0.1, 0.15) is 23.1 Å². The molecule has 0 heterocycles. The lowest BCUT2D eigenvalue weighted by molar-refractivity contribution is -0.126. The molecule has 0 aliphatic carbocycles. The predicted octanol–water partition coefficient (Wildman–Crippen LogP) is 2.99. The summed E-state index contributed by atoms with van der Waals surface area (Å²) in [7, 11) is 0. The molecule has 2 aromatic rings. The van der Waals surface area contributed by atoms with Gasteiger partial charge in [0.05, 0.1) is 0 Å². The van der Waals surface area contributed by atoms with Crippen molar-refractivity contribution in [2.45, 2.75) is 26.7 Å². The standard InChI is InChI=1S/C19H22N2O2/c1-14-7-6-8-15(2)19(14)21-18(23)13-17(22)20-12-11-16-9-4-3-5-10-16/h3-10H,11-13H2,1-2H3,(H,20,22)(H,21,23). The Morgan fingerprint density at radius 3 is 2.17 bits per heavy atom. The molecule has 2 amide bonds. The van der Waals surface area contributed by atoms with Crippen molar-refractivity contribution in [3.63, 3.8) is 0 Å². The van der Waals surface area contributed by atoms with Gasteiger partial charge in [-0.15, -0.1) is 0 Å². The van der Waals surface area contributed by atoms with Crippen LogP contribution in [0.3, 0.4) is 0 Å². The number of aryl methyl sites for hydroxylation is 2. The molecule has 23 heavy (non-hydrogen) atoms. The van der Waals surface area contributed by atoms with Gasteiger partial charge in [0.1, 0.15) is 6.42 Å². The predicted molar refractivity (Wildman–Crippen MR) is 92.3 cm³/mol. The number of amides is 2. The molecule has 2 rings (SSSR count). The van der Waals surface area contributed by atoms with E-state index in [1.54, 1.807) is 0 Å². The van der Waals surface area contributed by atoms with Gasteiger partial charge in [0.15, 0.2) is 0 Å². The fourth-order valence-electron chi connectivity index (χ4n) is 2.39. The maximum Gasteiger partial charge on any atom is 0.233 e. The molecular weight excluding hydrogens is 288 g/mol. The minimum Gasteiger partial charge on any atom is -0.355 e. The van der Waals surface area contributed by atoms with E-state index in [0.717, 1.165) is 28.8 Å². The quantitative estimate of drug-likeness (QED) is 0.806. The highest BCUT2D eigenvalue weighted by Gasteiger charge is 2.11. The topological polar surface area (TPSA) is 58.2 Å². The first-order valence-electron chi connectivity index (χ1n) is 7.73. The first-order valence-corrected chi connectivity index (χ1v) is 7.73. The van der Waals surface area contributed by atoms with E-state index in [9.17, 15) is 9.59 Å². The Kier molecular flexibility index (Phi) is 5.92. The average Bonchev–Trinajstić information content (AvgIpc) is 2.52. The number of hydrogen-bond acceptors (Lipinski definition) is 2. The molecule has 0 aromatic heterocycles. The van der Waals surface area contributed by atoms with Crippen LogP contribution in [-0.4, -0.2) is 18.4 Å². The Morgan fingerprint density at radius 2 is 1.52 bits per heavy atom. The lowest BCUT2D eigenvalue weighted by Crippen LogP contribution is -2.29. The third-order valence-electron chi connectivity index (χ3n) is 3.65. The maximum atomic E-state index is 12.0. The molecule has 0 saturated heterocycles. The number of hydrogen-bond donors (Lipinski definition) is 2. The van der Waals surface area contributed by atoms with Crippen molar-refractivity contribution in [1.82, 2.24) is 5.32 Å². The van der Waals surface area contributed by atoms with Crippen LogP contribution in [0.4, 0.5) is 5.69 Å². The highest BCUT2D eigenvalue weighted by molar-refractivity contribution is 6.04. The minimum atomic E-state index is -0.292. The molecule has 0 unspecified atom stereocenters. The third-order valence-corrected chi connectivity index (χ3v) is 3.65. The van der Waals surface area contributed by atoms with Gasteiger partial charge in [-0.05, 0) is 37.0 Å². The highest BCUT2D eigenvalue weighted by Crippen LogP contribution is 2.19. The van der Waals surface area contributed by atoms with E-state index in [0.29, 0.717) is 6.54 Å². The van der Waals surface area contributed by atoms with Gasteiger partial charge in [-0.25, -0.2) is 0 Å². The van der Waals surface area contributed by atoms with Crippen molar-refractivity contribution >= 4 is 17.5 Å². The summed E-state index contributed by atoms with van der Waals surface area (Å²) in [6.45, 7) is 4.39. The van der Waals surface area contributed by atoms with Crippen molar-refractivity contribution in [1.29, 1.82) is 0 Å². The molecule has 2 N–H and O–H groups in total. The van der Waals surface area contributed by atoms with Gasteiger partial charge in [0, 0.05) is 12.2 Å². The molecule has 0 spiro atoms. The number of rotatable bonds is 6. The molecule has 0 fully saturated rings. The Labute approximate surface area is 136 Å². The van der Waals surface area contributed by atoms with Crippen molar-refractivity contribution < 1.29 is 9.59 Å². The second-order valence-electron chi connectivity index (χ2n) is 5.58. The van der Waals surface area contributed by atoms with Crippen molar-refractivity contribution in [2.24, 2.45) is 0 Å². The van der Waals surface area contributed by atoms with Gasteiger partial charge in [-0.2, -0.15) is 0 Å². The van der Waals surface area contributed by atoms with Crippen molar-refractivity contribution in [3.05, 3.63) is 65.2 Å². The molecule has 0 aliphatic heterocycles. The van der Waals surface area contributed by atoms with E-state index in [-0.39, 0.29) is 18.2 Å². The number of carbonyl (C=O) groups excluding carboxylic acids is 2. The van der Waals surface area contributed by atoms with Crippen LogP contribution in [0, 0.1) is 13.8 Å². The van der Waals surface area contributed by atoms with Gasteiger partial charge < -0.3 is 10.6 Å². The van der Waals surface area contributed by atoms with Crippen LogP contribution in [-0.2, 0) is 16.0 Å². The van der Waals surface area contributed by atoms with E-state index in [1.165, 1.54) is 0 Å². The van der Waals surface area contributed by atoms with E-state index in [1.807, 2.05) is 62.4 Å². The first-order chi connectivity index (χ1) is 11.1. The summed E-state index contributed by atoms with van der Waals surface area (Å²) in [4.78, 5) is 23.8. The smallest absolute Gasteiger partial charge is 0.233 e. The number of benzene rings is 2. The minimum absolute atomic E-state index is 0.164. The molecule has 4 nitrogen and oxygen atoms in total.